The number of nitrogens with two attached hydrogens (primary N) is 1. The number of carbonyl (C=O) groups is 1. The minimum Gasteiger partial charge on any atom is -0.463 e. The first-order chi connectivity index (χ1) is 6.70. The van der Waals surface area contributed by atoms with E-state index in [4.69, 9.17) is 10.5 Å². The number of ether oxygens (including phenoxy) is 1. The summed E-state index contributed by atoms with van der Waals surface area (Å²) >= 11 is 0. The molecule has 0 aliphatic heterocycles. The fraction of sp³-hybridized carbons (Fsp3) is 0.909. The zero-order chi connectivity index (χ0) is 10.8. The largest absolute Gasteiger partial charge is 0.463 e. The summed E-state index contributed by atoms with van der Waals surface area (Å²) in [5, 5.41) is 0. The van der Waals surface area contributed by atoms with Gasteiger partial charge in [-0.2, -0.15) is 0 Å². The molecule has 0 saturated carbocycles. The molecule has 0 aromatic rings. The van der Waals surface area contributed by atoms with Gasteiger partial charge in [0.15, 0.2) is 0 Å². The van der Waals surface area contributed by atoms with E-state index in [1.54, 1.807) is 0 Å². The highest BCUT2D eigenvalue weighted by atomic mass is 16.5. The van der Waals surface area contributed by atoms with E-state index in [-0.39, 0.29) is 12.1 Å². The van der Waals surface area contributed by atoms with E-state index in [0.29, 0.717) is 6.42 Å². The molecule has 1 atom stereocenters. The highest BCUT2D eigenvalue weighted by Crippen LogP contribution is 2.05. The van der Waals surface area contributed by atoms with Crippen LogP contribution in [-0.4, -0.2) is 18.6 Å². The molecule has 3 heteroatoms. The lowest BCUT2D eigenvalue weighted by molar-refractivity contribution is -0.148. The molecule has 0 bridgehead atoms. The van der Waals surface area contributed by atoms with Crippen LogP contribution in [0.3, 0.4) is 0 Å². The molecular formula is C11H23NO2. The molecule has 84 valence electrons. The maximum atomic E-state index is 11.2. The fourth-order valence-electron chi connectivity index (χ4n) is 1.13. The van der Waals surface area contributed by atoms with E-state index in [1.165, 1.54) is 0 Å². The Labute approximate surface area is 87.0 Å². The summed E-state index contributed by atoms with van der Waals surface area (Å²) in [5.74, 6) is -0.0629. The summed E-state index contributed by atoms with van der Waals surface area (Å²) in [5.41, 5.74) is 5.36. The van der Waals surface area contributed by atoms with Crippen LogP contribution in [-0.2, 0) is 9.53 Å². The lowest BCUT2D eigenvalue weighted by Crippen LogP contribution is -2.13. The summed E-state index contributed by atoms with van der Waals surface area (Å²) in [6, 6.07) is 0. The average Bonchev–Trinajstić information content (AvgIpc) is 2.17. The molecule has 0 heterocycles. The Bertz CT molecular complexity index is 148. The molecule has 0 aliphatic carbocycles. The molecule has 0 aliphatic rings. The van der Waals surface area contributed by atoms with Gasteiger partial charge in [-0.3, -0.25) is 4.79 Å². The van der Waals surface area contributed by atoms with Crippen LogP contribution < -0.4 is 5.73 Å². The van der Waals surface area contributed by atoms with Crippen LogP contribution in [0.25, 0.3) is 0 Å². The van der Waals surface area contributed by atoms with Crippen molar-refractivity contribution in [1.29, 1.82) is 0 Å². The van der Waals surface area contributed by atoms with Crippen molar-refractivity contribution in [3.8, 4) is 0 Å². The first kappa shape index (κ1) is 13.4. The van der Waals surface area contributed by atoms with E-state index < -0.39 is 0 Å². The molecule has 0 aromatic carbocycles. The second-order valence-electron chi connectivity index (χ2n) is 3.66. The van der Waals surface area contributed by atoms with Crippen molar-refractivity contribution in [3.05, 3.63) is 0 Å². The smallest absolute Gasteiger partial charge is 0.306 e. The molecule has 14 heavy (non-hydrogen) atoms. The van der Waals surface area contributed by atoms with Crippen LogP contribution in [0.1, 0.15) is 52.4 Å². The van der Waals surface area contributed by atoms with Crippen molar-refractivity contribution in [3.63, 3.8) is 0 Å². The molecular weight excluding hydrogens is 178 g/mol. The lowest BCUT2D eigenvalue weighted by atomic mass is 10.1. The van der Waals surface area contributed by atoms with E-state index in [0.717, 1.165) is 38.6 Å². The van der Waals surface area contributed by atoms with Gasteiger partial charge in [-0.05, 0) is 32.7 Å². The van der Waals surface area contributed by atoms with Gasteiger partial charge in [0.2, 0.25) is 0 Å². The van der Waals surface area contributed by atoms with Gasteiger partial charge < -0.3 is 10.5 Å². The molecule has 1 unspecified atom stereocenters. The van der Waals surface area contributed by atoms with Crippen LogP contribution in [0.5, 0.6) is 0 Å². The number of hydrogen-bond donors (Lipinski definition) is 1. The van der Waals surface area contributed by atoms with Gasteiger partial charge in [-0.15, -0.1) is 0 Å². The summed E-state index contributed by atoms with van der Waals surface area (Å²) in [7, 11) is 0. The molecule has 0 rings (SSSR count). The third-order valence-electron chi connectivity index (χ3n) is 2.24. The van der Waals surface area contributed by atoms with Crippen LogP contribution in [0.15, 0.2) is 0 Å². The zero-order valence-electron chi connectivity index (χ0n) is 9.42. The minimum absolute atomic E-state index is 0.0616. The maximum Gasteiger partial charge on any atom is 0.306 e. The predicted molar refractivity (Wildman–Crippen MR) is 58.0 cm³/mol. The Morgan fingerprint density at radius 3 is 2.50 bits per heavy atom. The molecule has 2 N–H and O–H groups in total. The van der Waals surface area contributed by atoms with Gasteiger partial charge in [0.05, 0.1) is 6.10 Å². The zero-order valence-corrected chi connectivity index (χ0v) is 9.42. The number of rotatable bonds is 8. The van der Waals surface area contributed by atoms with Gasteiger partial charge >= 0.3 is 5.97 Å². The maximum absolute atomic E-state index is 11.2. The summed E-state index contributed by atoms with van der Waals surface area (Å²) in [6.07, 6.45) is 5.68. The third-order valence-corrected chi connectivity index (χ3v) is 2.24. The van der Waals surface area contributed by atoms with Gasteiger partial charge in [-0.1, -0.05) is 19.8 Å². The number of carbonyl (C=O) groups excluding carboxylic acids is 1. The van der Waals surface area contributed by atoms with Crippen LogP contribution in [0, 0.1) is 0 Å². The first-order valence-corrected chi connectivity index (χ1v) is 5.60. The highest BCUT2D eigenvalue weighted by Gasteiger charge is 2.06. The van der Waals surface area contributed by atoms with Crippen molar-refractivity contribution >= 4 is 5.97 Å². The standard InChI is InChI=1S/C11H23NO2/c1-3-10(2)14-11(13)8-6-4-5-7-9-12/h10H,3-9,12H2,1-2H3. The van der Waals surface area contributed by atoms with E-state index in [2.05, 4.69) is 0 Å². The van der Waals surface area contributed by atoms with Gasteiger partial charge in [0, 0.05) is 6.42 Å². The summed E-state index contributed by atoms with van der Waals surface area (Å²) in [4.78, 5) is 11.2. The Hall–Kier alpha value is -0.570. The van der Waals surface area contributed by atoms with Gasteiger partial charge in [0.25, 0.3) is 0 Å². The predicted octanol–water partition coefficient (Wildman–Crippen LogP) is 2.24. The normalized spacial score (nSPS) is 12.5. The van der Waals surface area contributed by atoms with Crippen LogP contribution in [0.4, 0.5) is 0 Å². The van der Waals surface area contributed by atoms with Gasteiger partial charge in [0.1, 0.15) is 0 Å². The Morgan fingerprint density at radius 1 is 1.29 bits per heavy atom. The van der Waals surface area contributed by atoms with Crippen LogP contribution >= 0.6 is 0 Å². The first-order valence-electron chi connectivity index (χ1n) is 5.60. The molecule has 3 nitrogen and oxygen atoms in total. The van der Waals surface area contributed by atoms with Crippen molar-refractivity contribution in [2.24, 2.45) is 5.73 Å². The third kappa shape index (κ3) is 8.05. The molecule has 0 aromatic heterocycles. The van der Waals surface area contributed by atoms with E-state index >= 15 is 0 Å². The number of unbranched alkanes of at least 4 members (excludes halogenated alkanes) is 3. The van der Waals surface area contributed by atoms with Gasteiger partial charge in [-0.25, -0.2) is 0 Å². The molecule has 0 fully saturated rings. The number of esters is 1. The Balaban J connectivity index is 3.27. The summed E-state index contributed by atoms with van der Waals surface area (Å²) < 4.78 is 5.14. The second kappa shape index (κ2) is 9.00. The average molecular weight is 201 g/mol. The monoisotopic (exact) mass is 201 g/mol. The SMILES string of the molecule is CCC(C)OC(=O)CCCCCCN. The highest BCUT2D eigenvalue weighted by molar-refractivity contribution is 5.69. The number of hydrogen-bond acceptors (Lipinski definition) is 3. The van der Waals surface area contributed by atoms with Crippen molar-refractivity contribution in [2.45, 2.75) is 58.5 Å². The van der Waals surface area contributed by atoms with Crippen LogP contribution in [0.2, 0.25) is 0 Å². The van der Waals surface area contributed by atoms with Crippen molar-refractivity contribution in [1.82, 2.24) is 0 Å². The van der Waals surface area contributed by atoms with Crippen molar-refractivity contribution < 1.29 is 9.53 Å². The Kier molecular flexibility index (Phi) is 8.64. The summed E-state index contributed by atoms with van der Waals surface area (Å²) in [6.45, 7) is 4.68. The lowest BCUT2D eigenvalue weighted by Gasteiger charge is -2.10. The quantitative estimate of drug-likeness (QED) is 0.484. The fourth-order valence-corrected chi connectivity index (χ4v) is 1.13. The molecule has 0 radical (unpaired) electrons. The molecule has 0 saturated heterocycles. The van der Waals surface area contributed by atoms with E-state index in [1.807, 2.05) is 13.8 Å². The van der Waals surface area contributed by atoms with Crippen molar-refractivity contribution in [2.75, 3.05) is 6.54 Å². The topological polar surface area (TPSA) is 52.3 Å². The second-order valence-corrected chi connectivity index (χ2v) is 3.66. The Morgan fingerprint density at radius 2 is 1.93 bits per heavy atom. The molecule has 0 amide bonds. The molecule has 0 spiro atoms. The van der Waals surface area contributed by atoms with E-state index in [9.17, 15) is 4.79 Å². The minimum atomic E-state index is -0.0629.